The van der Waals surface area contributed by atoms with Crippen LogP contribution in [0.3, 0.4) is 0 Å². The fourth-order valence-corrected chi connectivity index (χ4v) is 1.14. The third-order valence-corrected chi connectivity index (χ3v) is 1.81. The van der Waals surface area contributed by atoms with Gasteiger partial charge in [0.2, 0.25) is 5.28 Å². The van der Waals surface area contributed by atoms with Gasteiger partial charge >= 0.3 is 6.18 Å². The van der Waals surface area contributed by atoms with Crippen LogP contribution in [0.15, 0.2) is 18.7 Å². The fraction of sp³-hybridized carbons (Fsp3) is 0.333. The number of nitrogens with one attached hydrogen (secondary N) is 1. The first-order valence-electron chi connectivity index (χ1n) is 4.40. The molecular weight excluding hydrogens is 243 g/mol. The smallest absolute Gasteiger partial charge is 0.370 e. The van der Waals surface area contributed by atoms with E-state index < -0.39 is 17.2 Å². The van der Waals surface area contributed by atoms with E-state index in [0.717, 1.165) is 6.07 Å². The molecule has 7 heteroatoms. The van der Waals surface area contributed by atoms with Gasteiger partial charge in [0.25, 0.3) is 0 Å². The summed E-state index contributed by atoms with van der Waals surface area (Å²) < 4.78 is 37.0. The number of nitrogens with zero attached hydrogens (tertiary/aromatic N) is 2. The Morgan fingerprint density at radius 2 is 2.12 bits per heavy atom. The number of hydrogen-bond donors (Lipinski definition) is 1. The van der Waals surface area contributed by atoms with Gasteiger partial charge in [-0.3, -0.25) is 0 Å². The zero-order chi connectivity index (χ0) is 12.2. The van der Waals surface area contributed by atoms with Gasteiger partial charge in [-0.25, -0.2) is 9.97 Å². The Kier molecular flexibility index (Phi) is 4.12. The van der Waals surface area contributed by atoms with E-state index in [4.69, 9.17) is 11.6 Å². The molecule has 1 aromatic heterocycles. The summed E-state index contributed by atoms with van der Waals surface area (Å²) in [6, 6.07) is 0.814. The molecule has 0 saturated carbocycles. The van der Waals surface area contributed by atoms with Crippen LogP contribution in [-0.4, -0.2) is 16.5 Å². The van der Waals surface area contributed by atoms with Crippen LogP contribution in [0.5, 0.6) is 0 Å². The molecule has 88 valence electrons. The molecule has 16 heavy (non-hydrogen) atoms. The van der Waals surface area contributed by atoms with Crippen molar-refractivity contribution < 1.29 is 13.2 Å². The molecule has 1 aromatic rings. The van der Waals surface area contributed by atoms with Crippen molar-refractivity contribution in [2.75, 3.05) is 11.9 Å². The van der Waals surface area contributed by atoms with Gasteiger partial charge in [0.15, 0.2) is 5.69 Å². The van der Waals surface area contributed by atoms with Crippen LogP contribution in [-0.2, 0) is 6.18 Å². The van der Waals surface area contributed by atoms with Gasteiger partial charge < -0.3 is 5.32 Å². The Hall–Kier alpha value is -1.30. The number of anilines is 1. The highest BCUT2D eigenvalue weighted by Gasteiger charge is 2.33. The van der Waals surface area contributed by atoms with Gasteiger partial charge in [-0.2, -0.15) is 13.2 Å². The minimum Gasteiger partial charge on any atom is -0.370 e. The number of halogens is 4. The summed E-state index contributed by atoms with van der Waals surface area (Å²) in [6.07, 6.45) is -2.27. The van der Waals surface area contributed by atoms with Gasteiger partial charge in [-0.15, -0.1) is 6.58 Å². The number of hydrogen-bond acceptors (Lipinski definition) is 3. The molecule has 0 amide bonds. The van der Waals surface area contributed by atoms with E-state index in [9.17, 15) is 13.2 Å². The lowest BCUT2D eigenvalue weighted by atomic mass is 10.3. The Morgan fingerprint density at radius 1 is 1.44 bits per heavy atom. The van der Waals surface area contributed by atoms with E-state index in [1.165, 1.54) is 0 Å². The largest absolute Gasteiger partial charge is 0.433 e. The van der Waals surface area contributed by atoms with Crippen LogP contribution in [0.25, 0.3) is 0 Å². The molecule has 0 atom stereocenters. The molecule has 0 aromatic carbocycles. The maximum atomic E-state index is 12.3. The fourth-order valence-electron chi connectivity index (χ4n) is 0.956. The maximum Gasteiger partial charge on any atom is 0.433 e. The molecule has 0 spiro atoms. The van der Waals surface area contributed by atoms with Crippen LogP contribution >= 0.6 is 11.6 Å². The predicted octanol–water partition coefficient (Wildman–Crippen LogP) is 3.14. The first-order valence-corrected chi connectivity index (χ1v) is 4.78. The molecule has 3 nitrogen and oxygen atoms in total. The average molecular weight is 252 g/mol. The van der Waals surface area contributed by atoms with Crippen LogP contribution in [0.2, 0.25) is 5.28 Å². The highest BCUT2D eigenvalue weighted by Crippen LogP contribution is 2.29. The van der Waals surface area contributed by atoms with Crippen molar-refractivity contribution >= 4 is 17.4 Å². The summed E-state index contributed by atoms with van der Waals surface area (Å²) in [7, 11) is 0. The molecule has 0 aliphatic rings. The highest BCUT2D eigenvalue weighted by molar-refractivity contribution is 6.28. The van der Waals surface area contributed by atoms with Gasteiger partial charge in [0, 0.05) is 12.6 Å². The lowest BCUT2D eigenvalue weighted by molar-refractivity contribution is -0.141. The van der Waals surface area contributed by atoms with E-state index >= 15 is 0 Å². The SMILES string of the molecule is C=CCCNc1cc(C(F)(F)F)nc(Cl)n1. The second-order valence-electron chi connectivity index (χ2n) is 2.91. The molecule has 1 N–H and O–H groups in total. The summed E-state index contributed by atoms with van der Waals surface area (Å²) in [5.74, 6) is 0.0502. The van der Waals surface area contributed by atoms with Crippen molar-refractivity contribution in [3.63, 3.8) is 0 Å². The Balaban J connectivity index is 2.86. The third-order valence-electron chi connectivity index (χ3n) is 1.64. The topological polar surface area (TPSA) is 37.8 Å². The predicted molar refractivity (Wildman–Crippen MR) is 55.3 cm³/mol. The van der Waals surface area contributed by atoms with Crippen molar-refractivity contribution in [1.29, 1.82) is 0 Å². The summed E-state index contributed by atoms with van der Waals surface area (Å²) in [5.41, 5.74) is -1.06. The monoisotopic (exact) mass is 251 g/mol. The number of aromatic nitrogens is 2. The maximum absolute atomic E-state index is 12.3. The molecule has 0 aliphatic heterocycles. The zero-order valence-electron chi connectivity index (χ0n) is 8.18. The molecule has 0 radical (unpaired) electrons. The zero-order valence-corrected chi connectivity index (χ0v) is 8.94. The van der Waals surface area contributed by atoms with Crippen LogP contribution in [0, 0.1) is 0 Å². The summed E-state index contributed by atoms with van der Waals surface area (Å²) in [6.45, 7) is 3.93. The second kappa shape index (κ2) is 5.16. The van der Waals surface area contributed by atoms with Gasteiger partial charge in [-0.1, -0.05) is 6.08 Å². The third kappa shape index (κ3) is 3.69. The minimum absolute atomic E-state index is 0.0502. The second-order valence-corrected chi connectivity index (χ2v) is 3.25. The molecule has 0 bridgehead atoms. The Morgan fingerprint density at radius 3 is 2.69 bits per heavy atom. The standard InChI is InChI=1S/C9H9ClF3N3/c1-2-3-4-14-7-5-6(9(11,12)13)15-8(10)16-7/h2,5H,1,3-4H2,(H,14,15,16). The summed E-state index contributed by atoms with van der Waals surface area (Å²) in [5, 5.41) is 2.26. The van der Waals surface area contributed by atoms with Gasteiger partial charge in [-0.05, 0) is 18.0 Å². The lowest BCUT2D eigenvalue weighted by Gasteiger charge is -2.09. The van der Waals surface area contributed by atoms with E-state index in [2.05, 4.69) is 21.9 Å². The minimum atomic E-state index is -4.53. The van der Waals surface area contributed by atoms with E-state index in [0.29, 0.717) is 13.0 Å². The molecular formula is C9H9ClF3N3. The van der Waals surface area contributed by atoms with Crippen LogP contribution in [0.1, 0.15) is 12.1 Å². The number of rotatable bonds is 4. The van der Waals surface area contributed by atoms with Crippen molar-refractivity contribution in [1.82, 2.24) is 9.97 Å². The number of alkyl halides is 3. The molecule has 1 heterocycles. The van der Waals surface area contributed by atoms with Crippen LogP contribution in [0.4, 0.5) is 19.0 Å². The molecule has 0 aliphatic carbocycles. The highest BCUT2D eigenvalue weighted by atomic mass is 35.5. The molecule has 0 saturated heterocycles. The van der Waals surface area contributed by atoms with E-state index in [-0.39, 0.29) is 5.82 Å². The summed E-state index contributed by atoms with van der Waals surface area (Å²) >= 11 is 5.39. The van der Waals surface area contributed by atoms with Crippen molar-refractivity contribution in [3.8, 4) is 0 Å². The Labute approximate surface area is 95.4 Å². The van der Waals surface area contributed by atoms with Crippen molar-refractivity contribution in [3.05, 3.63) is 29.7 Å². The molecule has 0 unspecified atom stereocenters. The first kappa shape index (κ1) is 12.8. The van der Waals surface area contributed by atoms with Gasteiger partial charge in [0.05, 0.1) is 0 Å². The van der Waals surface area contributed by atoms with Crippen molar-refractivity contribution in [2.24, 2.45) is 0 Å². The quantitative estimate of drug-likeness (QED) is 0.508. The Bertz CT molecular complexity index is 379. The van der Waals surface area contributed by atoms with Gasteiger partial charge in [0.1, 0.15) is 5.82 Å². The van der Waals surface area contributed by atoms with Crippen LogP contribution < -0.4 is 5.32 Å². The molecule has 0 fully saturated rings. The lowest BCUT2D eigenvalue weighted by Crippen LogP contribution is -2.11. The first-order chi connectivity index (χ1) is 7.43. The van der Waals surface area contributed by atoms with E-state index in [1.54, 1.807) is 6.08 Å². The van der Waals surface area contributed by atoms with E-state index in [1.807, 2.05) is 0 Å². The average Bonchev–Trinajstić information content (AvgIpc) is 2.16. The normalized spacial score (nSPS) is 11.2. The summed E-state index contributed by atoms with van der Waals surface area (Å²) in [4.78, 5) is 6.73. The van der Waals surface area contributed by atoms with Crippen molar-refractivity contribution in [2.45, 2.75) is 12.6 Å². The molecule has 1 rings (SSSR count).